The summed E-state index contributed by atoms with van der Waals surface area (Å²) in [7, 11) is 1.60. The summed E-state index contributed by atoms with van der Waals surface area (Å²) >= 11 is 0. The van der Waals surface area contributed by atoms with Crippen LogP contribution in [0.2, 0.25) is 0 Å². The number of methoxy groups -OCH3 is 1. The molecule has 5 heteroatoms. The van der Waals surface area contributed by atoms with Gasteiger partial charge in [0.05, 0.1) is 13.0 Å². The van der Waals surface area contributed by atoms with E-state index in [0.29, 0.717) is 6.54 Å². The van der Waals surface area contributed by atoms with Crippen molar-refractivity contribution in [2.45, 2.75) is 26.8 Å². The number of amides is 1. The molecule has 5 nitrogen and oxygen atoms in total. The van der Waals surface area contributed by atoms with Gasteiger partial charge in [0.25, 0.3) is 0 Å². The normalized spacial score (nSPS) is 18.4. The van der Waals surface area contributed by atoms with Crippen molar-refractivity contribution in [1.82, 2.24) is 4.90 Å². The van der Waals surface area contributed by atoms with E-state index in [-0.39, 0.29) is 18.9 Å². The molecule has 1 fully saturated rings. The van der Waals surface area contributed by atoms with Crippen LogP contribution in [0.1, 0.15) is 23.1 Å². The average Bonchev–Trinajstić information content (AvgIpc) is 2.75. The number of likely N-dealkylation sites (tertiary alicyclic amines) is 1. The zero-order chi connectivity index (χ0) is 14.9. The topological polar surface area (TPSA) is 66.8 Å². The third-order valence-corrected chi connectivity index (χ3v) is 3.82. The number of ether oxygens (including phenoxy) is 1. The SMILES string of the molecule is COc1cc(C)c(C)cc1CN1CC(C(=O)O)CC1=O. The summed E-state index contributed by atoms with van der Waals surface area (Å²) in [4.78, 5) is 24.4. The lowest BCUT2D eigenvalue weighted by Crippen LogP contribution is -2.26. The molecular formula is C15H19NO4. The Kier molecular flexibility index (Phi) is 3.97. The van der Waals surface area contributed by atoms with Crippen LogP contribution in [0.15, 0.2) is 12.1 Å². The summed E-state index contributed by atoms with van der Waals surface area (Å²) in [6.07, 6.45) is 0.0858. The molecule has 1 atom stereocenters. The molecule has 1 saturated heterocycles. The molecule has 0 bridgehead atoms. The third kappa shape index (κ3) is 2.76. The van der Waals surface area contributed by atoms with Gasteiger partial charge in [-0.3, -0.25) is 9.59 Å². The average molecular weight is 277 g/mol. The predicted octanol–water partition coefficient (Wildman–Crippen LogP) is 1.75. The Morgan fingerprint density at radius 3 is 2.60 bits per heavy atom. The molecule has 0 saturated carbocycles. The van der Waals surface area contributed by atoms with Crippen LogP contribution in [0.4, 0.5) is 0 Å². The summed E-state index contributed by atoms with van der Waals surface area (Å²) < 4.78 is 5.35. The minimum atomic E-state index is -0.909. The van der Waals surface area contributed by atoms with E-state index in [2.05, 4.69) is 0 Å². The van der Waals surface area contributed by atoms with Gasteiger partial charge in [-0.15, -0.1) is 0 Å². The molecular weight excluding hydrogens is 258 g/mol. The molecule has 1 N–H and O–H groups in total. The smallest absolute Gasteiger partial charge is 0.308 e. The lowest BCUT2D eigenvalue weighted by Gasteiger charge is -2.19. The molecule has 0 aromatic heterocycles. The van der Waals surface area contributed by atoms with Gasteiger partial charge in [-0.2, -0.15) is 0 Å². The fourth-order valence-electron chi connectivity index (χ4n) is 2.46. The number of aliphatic carboxylic acids is 1. The lowest BCUT2D eigenvalue weighted by atomic mass is 10.0. The van der Waals surface area contributed by atoms with Crippen LogP contribution in [-0.4, -0.2) is 35.5 Å². The quantitative estimate of drug-likeness (QED) is 0.910. The highest BCUT2D eigenvalue weighted by atomic mass is 16.5. The van der Waals surface area contributed by atoms with Crippen LogP contribution in [0.3, 0.4) is 0 Å². The number of carboxylic acids is 1. The second-order valence-electron chi connectivity index (χ2n) is 5.26. The van der Waals surface area contributed by atoms with Crippen molar-refractivity contribution in [2.75, 3.05) is 13.7 Å². The standard InChI is InChI=1S/C15H19NO4/c1-9-4-11(13(20-3)5-10(9)2)7-16-8-12(15(18)19)6-14(16)17/h4-5,12H,6-8H2,1-3H3,(H,18,19). The number of carbonyl (C=O) groups is 2. The van der Waals surface area contributed by atoms with Gasteiger partial charge in [0.1, 0.15) is 5.75 Å². The first-order valence-corrected chi connectivity index (χ1v) is 6.57. The Balaban J connectivity index is 2.20. The van der Waals surface area contributed by atoms with E-state index in [0.717, 1.165) is 22.4 Å². The number of nitrogens with zero attached hydrogens (tertiary/aromatic N) is 1. The van der Waals surface area contributed by atoms with Gasteiger partial charge in [-0.05, 0) is 31.0 Å². The molecule has 108 valence electrons. The van der Waals surface area contributed by atoms with Crippen molar-refractivity contribution in [1.29, 1.82) is 0 Å². The van der Waals surface area contributed by atoms with Gasteiger partial charge in [0.15, 0.2) is 0 Å². The molecule has 20 heavy (non-hydrogen) atoms. The maximum absolute atomic E-state index is 11.9. The molecule has 1 aromatic carbocycles. The Labute approximate surface area is 118 Å². The molecule has 0 aliphatic carbocycles. The van der Waals surface area contributed by atoms with Crippen molar-refractivity contribution in [3.05, 3.63) is 28.8 Å². The van der Waals surface area contributed by atoms with Crippen molar-refractivity contribution < 1.29 is 19.4 Å². The van der Waals surface area contributed by atoms with Crippen LogP contribution in [0, 0.1) is 19.8 Å². The largest absolute Gasteiger partial charge is 0.496 e. The van der Waals surface area contributed by atoms with Gasteiger partial charge >= 0.3 is 5.97 Å². The zero-order valence-electron chi connectivity index (χ0n) is 12.0. The Morgan fingerprint density at radius 1 is 1.40 bits per heavy atom. The van der Waals surface area contributed by atoms with Gasteiger partial charge in [0, 0.05) is 25.1 Å². The van der Waals surface area contributed by atoms with Crippen LogP contribution in [-0.2, 0) is 16.1 Å². The molecule has 1 aliphatic heterocycles. The van der Waals surface area contributed by atoms with Crippen LogP contribution in [0.5, 0.6) is 5.75 Å². The summed E-state index contributed by atoms with van der Waals surface area (Å²) in [6.45, 7) is 4.67. The number of hydrogen-bond donors (Lipinski definition) is 1. The predicted molar refractivity (Wildman–Crippen MR) is 73.6 cm³/mol. The first-order valence-electron chi connectivity index (χ1n) is 6.57. The van der Waals surface area contributed by atoms with Crippen molar-refractivity contribution in [2.24, 2.45) is 5.92 Å². The third-order valence-electron chi connectivity index (χ3n) is 3.82. The monoisotopic (exact) mass is 277 g/mol. The number of hydrogen-bond acceptors (Lipinski definition) is 3. The molecule has 1 aliphatic rings. The van der Waals surface area contributed by atoms with Crippen LogP contribution < -0.4 is 4.74 Å². The highest BCUT2D eigenvalue weighted by Crippen LogP contribution is 2.27. The summed E-state index contributed by atoms with van der Waals surface area (Å²) in [5, 5.41) is 8.99. The minimum absolute atomic E-state index is 0.0858. The van der Waals surface area contributed by atoms with Gasteiger partial charge in [0.2, 0.25) is 5.91 Å². The molecule has 1 heterocycles. The number of carboxylic acid groups (broad SMARTS) is 1. The second-order valence-corrected chi connectivity index (χ2v) is 5.26. The molecule has 2 rings (SSSR count). The van der Waals surface area contributed by atoms with Gasteiger partial charge < -0.3 is 14.7 Å². The molecule has 1 aromatic rings. The van der Waals surface area contributed by atoms with Crippen molar-refractivity contribution in [3.8, 4) is 5.75 Å². The fraction of sp³-hybridized carbons (Fsp3) is 0.467. The van der Waals surface area contributed by atoms with E-state index in [9.17, 15) is 9.59 Å². The number of carbonyl (C=O) groups excluding carboxylic acids is 1. The summed E-state index contributed by atoms with van der Waals surface area (Å²) in [5.74, 6) is -0.884. The van der Waals surface area contributed by atoms with E-state index >= 15 is 0 Å². The highest BCUT2D eigenvalue weighted by molar-refractivity contribution is 5.86. The highest BCUT2D eigenvalue weighted by Gasteiger charge is 2.34. The van der Waals surface area contributed by atoms with Crippen molar-refractivity contribution >= 4 is 11.9 Å². The Bertz CT molecular complexity index is 553. The van der Waals surface area contributed by atoms with E-state index in [1.54, 1.807) is 12.0 Å². The summed E-state index contributed by atoms with van der Waals surface area (Å²) in [6, 6.07) is 3.94. The summed E-state index contributed by atoms with van der Waals surface area (Å²) in [5.41, 5.74) is 3.17. The van der Waals surface area contributed by atoms with E-state index in [4.69, 9.17) is 9.84 Å². The van der Waals surface area contributed by atoms with Crippen LogP contribution in [0.25, 0.3) is 0 Å². The van der Waals surface area contributed by atoms with Gasteiger partial charge in [-0.1, -0.05) is 6.07 Å². The molecule has 1 unspecified atom stereocenters. The maximum atomic E-state index is 11.9. The molecule has 0 spiro atoms. The molecule has 1 amide bonds. The first kappa shape index (κ1) is 14.4. The minimum Gasteiger partial charge on any atom is -0.496 e. The fourth-order valence-corrected chi connectivity index (χ4v) is 2.46. The zero-order valence-corrected chi connectivity index (χ0v) is 12.0. The number of aryl methyl sites for hydroxylation is 2. The first-order chi connectivity index (χ1) is 9.42. The maximum Gasteiger partial charge on any atom is 0.308 e. The lowest BCUT2D eigenvalue weighted by molar-refractivity contribution is -0.141. The van der Waals surface area contributed by atoms with Crippen LogP contribution >= 0.6 is 0 Å². The Hall–Kier alpha value is -2.04. The van der Waals surface area contributed by atoms with E-state index in [1.807, 2.05) is 26.0 Å². The van der Waals surface area contributed by atoms with Gasteiger partial charge in [-0.25, -0.2) is 0 Å². The molecule has 0 radical (unpaired) electrons. The number of benzene rings is 1. The van der Waals surface area contributed by atoms with Crippen molar-refractivity contribution in [3.63, 3.8) is 0 Å². The second kappa shape index (κ2) is 5.53. The number of rotatable bonds is 4. The Morgan fingerprint density at radius 2 is 2.05 bits per heavy atom. The van der Waals surface area contributed by atoms with E-state index in [1.165, 1.54) is 0 Å². The van der Waals surface area contributed by atoms with E-state index < -0.39 is 11.9 Å².